The monoisotopic (exact) mass is 617 g/mol. The normalized spacial score (nSPS) is 24.5. The number of fused-ring (bicyclic) bond motifs is 1. The average molecular weight is 618 g/mol. The third kappa shape index (κ3) is 6.44. The number of carbonyl (C=O) groups is 1. The van der Waals surface area contributed by atoms with E-state index in [2.05, 4.69) is 25.4 Å². The van der Waals surface area contributed by atoms with E-state index in [1.165, 1.54) is 17.8 Å². The third-order valence-corrected chi connectivity index (χ3v) is 7.85. The summed E-state index contributed by atoms with van der Waals surface area (Å²) in [5.41, 5.74) is 3.67. The van der Waals surface area contributed by atoms with Crippen LogP contribution in [0, 0.1) is 11.6 Å². The van der Waals surface area contributed by atoms with Gasteiger partial charge in [-0.3, -0.25) is 13.9 Å². The lowest BCUT2D eigenvalue weighted by molar-refractivity contribution is -0.149. The maximum atomic E-state index is 16.0. The van der Waals surface area contributed by atoms with Crippen molar-refractivity contribution in [1.29, 1.82) is 0 Å². The molecule has 0 spiro atoms. The van der Waals surface area contributed by atoms with Gasteiger partial charge in [0, 0.05) is 13.1 Å². The summed E-state index contributed by atoms with van der Waals surface area (Å²) in [5, 5.41) is 16.0. The Morgan fingerprint density at radius 1 is 1.31 bits per heavy atom. The van der Waals surface area contributed by atoms with Gasteiger partial charge in [-0.1, -0.05) is 0 Å². The van der Waals surface area contributed by atoms with Crippen molar-refractivity contribution in [3.63, 3.8) is 0 Å². The summed E-state index contributed by atoms with van der Waals surface area (Å²) >= 11 is 0. The maximum absolute atomic E-state index is 16.0. The van der Waals surface area contributed by atoms with Gasteiger partial charge < -0.3 is 30.2 Å². The predicted molar refractivity (Wildman–Crippen MR) is 143 cm³/mol. The molecule has 0 bridgehead atoms. The Kier molecular flexibility index (Phi) is 8.99. The second kappa shape index (κ2) is 12.0. The van der Waals surface area contributed by atoms with Gasteiger partial charge in [-0.15, -0.1) is 0 Å². The van der Waals surface area contributed by atoms with Gasteiger partial charge in [-0.2, -0.15) is 15.1 Å². The molecule has 0 aliphatic carbocycles. The van der Waals surface area contributed by atoms with Crippen molar-refractivity contribution in [2.24, 2.45) is 0 Å². The first-order valence-corrected chi connectivity index (χ1v) is 14.3. The number of nitrogens with zero attached hydrogens (tertiary/aromatic N) is 4. The Hall–Kier alpha value is -3.50. The van der Waals surface area contributed by atoms with Gasteiger partial charge in [0.15, 0.2) is 40.4 Å². The quantitative estimate of drug-likeness (QED) is 0.182. The molecule has 1 fully saturated rings. The number of nitrogens with one attached hydrogen (secondary N) is 2. The number of rotatable bonds is 11. The molecule has 1 aromatic carbocycles. The molecule has 1 saturated heterocycles. The Morgan fingerprint density at radius 2 is 2.02 bits per heavy atom. The maximum Gasteiger partial charge on any atom is 0.459 e. The van der Waals surface area contributed by atoms with E-state index < -0.39 is 74.0 Å². The van der Waals surface area contributed by atoms with Crippen LogP contribution < -0.4 is 20.7 Å². The summed E-state index contributed by atoms with van der Waals surface area (Å²) in [6.07, 6.45) is -4.09. The fraction of sp³-hybridized carbons (Fsp3) is 0.500. The Bertz CT molecular complexity index is 1510. The summed E-state index contributed by atoms with van der Waals surface area (Å²) in [6.45, 7) is 4.79. The van der Waals surface area contributed by atoms with Crippen molar-refractivity contribution in [3.8, 4) is 5.75 Å². The zero-order valence-corrected chi connectivity index (χ0v) is 24.1. The number of imidazole rings is 1. The molecule has 42 heavy (non-hydrogen) atoms. The lowest BCUT2D eigenvalue weighted by Crippen LogP contribution is -2.41. The van der Waals surface area contributed by atoms with Crippen molar-refractivity contribution in [2.75, 3.05) is 24.7 Å². The van der Waals surface area contributed by atoms with Crippen molar-refractivity contribution in [3.05, 3.63) is 36.2 Å². The minimum atomic E-state index is -4.69. The van der Waals surface area contributed by atoms with Gasteiger partial charge in [0.2, 0.25) is 5.95 Å². The number of esters is 1. The van der Waals surface area contributed by atoms with E-state index in [1.54, 1.807) is 20.9 Å². The van der Waals surface area contributed by atoms with Crippen LogP contribution in [-0.4, -0.2) is 74.3 Å². The lowest BCUT2D eigenvalue weighted by Gasteiger charge is -2.25. The topological polar surface area (TPSA) is 185 Å². The van der Waals surface area contributed by atoms with Gasteiger partial charge in [0.1, 0.15) is 24.1 Å². The van der Waals surface area contributed by atoms with Gasteiger partial charge >= 0.3 is 13.7 Å². The van der Waals surface area contributed by atoms with Crippen LogP contribution in [0.2, 0.25) is 0 Å². The van der Waals surface area contributed by atoms with Crippen LogP contribution in [0.5, 0.6) is 5.75 Å². The Balaban J connectivity index is 1.59. The second-order valence-corrected chi connectivity index (χ2v) is 11.6. The molecule has 6 atom stereocenters. The van der Waals surface area contributed by atoms with Crippen LogP contribution in [0.1, 0.15) is 33.9 Å². The van der Waals surface area contributed by atoms with E-state index in [-0.39, 0.29) is 22.9 Å². The summed E-state index contributed by atoms with van der Waals surface area (Å²) in [4.78, 5) is 24.7. The van der Waals surface area contributed by atoms with E-state index in [1.807, 2.05) is 0 Å². The molecule has 230 valence electrons. The number of carbonyl (C=O) groups excluding carboxylic acids is 1. The van der Waals surface area contributed by atoms with E-state index in [9.17, 15) is 23.2 Å². The van der Waals surface area contributed by atoms with Gasteiger partial charge in [-0.05, 0) is 39.8 Å². The molecule has 4 rings (SSSR count). The van der Waals surface area contributed by atoms with Crippen molar-refractivity contribution in [2.45, 2.75) is 63.9 Å². The number of ether oxygens (including phenoxy) is 2. The number of nitrogens with two attached hydrogens (primary N) is 1. The van der Waals surface area contributed by atoms with Crippen LogP contribution in [0.25, 0.3) is 11.2 Å². The first-order chi connectivity index (χ1) is 19.6. The van der Waals surface area contributed by atoms with Crippen LogP contribution in [0.4, 0.5) is 24.9 Å². The number of aliphatic hydroxyl groups is 1. The van der Waals surface area contributed by atoms with E-state index in [4.69, 9.17) is 24.3 Å². The summed E-state index contributed by atoms with van der Waals surface area (Å²) in [5.74, 6) is -3.48. The molecule has 1 aliphatic rings. The minimum absolute atomic E-state index is 0.106. The number of benzene rings is 1. The molecular formula is C24H31F3N7O7P. The second-order valence-electron chi connectivity index (χ2n) is 9.92. The van der Waals surface area contributed by atoms with Gasteiger partial charge in [0.25, 0.3) is 0 Å². The minimum Gasteiger partial charge on any atom is -0.462 e. The van der Waals surface area contributed by atoms with Crippen LogP contribution in [0.3, 0.4) is 0 Å². The average Bonchev–Trinajstić information content (AvgIpc) is 3.41. The van der Waals surface area contributed by atoms with Crippen LogP contribution >= 0.6 is 7.75 Å². The van der Waals surface area contributed by atoms with Crippen LogP contribution in [-0.2, 0) is 23.4 Å². The highest BCUT2D eigenvalue weighted by atomic mass is 31.2. The number of anilines is 2. The molecule has 14 nitrogen and oxygen atoms in total. The summed E-state index contributed by atoms with van der Waals surface area (Å²) < 4.78 is 80.2. The number of hydrogen-bond donors (Lipinski definition) is 4. The van der Waals surface area contributed by atoms with Crippen molar-refractivity contribution in [1.82, 2.24) is 24.6 Å². The molecular weight excluding hydrogens is 586 g/mol. The zero-order chi connectivity index (χ0) is 31.0. The van der Waals surface area contributed by atoms with E-state index >= 15 is 4.39 Å². The number of aliphatic hydroxyl groups excluding tert-OH is 1. The molecule has 0 saturated carbocycles. The predicted octanol–water partition coefficient (Wildman–Crippen LogP) is 2.85. The molecule has 18 heteroatoms. The highest BCUT2D eigenvalue weighted by molar-refractivity contribution is 7.52. The zero-order valence-electron chi connectivity index (χ0n) is 23.2. The third-order valence-electron chi connectivity index (χ3n) is 6.22. The van der Waals surface area contributed by atoms with Gasteiger partial charge in [0.05, 0.1) is 19.0 Å². The molecule has 3 heterocycles. The number of aromatic nitrogens is 4. The van der Waals surface area contributed by atoms with Crippen molar-refractivity contribution < 1.29 is 46.2 Å². The fourth-order valence-corrected chi connectivity index (χ4v) is 5.70. The van der Waals surface area contributed by atoms with E-state index in [0.717, 1.165) is 19.1 Å². The SMILES string of the molecule is CNc1nc(N)nc2c1ncn2[C@@H]1O[C@H](COP(=O)(N[C@@H](C)C(=O)OC(C)C)Oc2ccc(F)cc2F)[C@@H](O)[C@@]1(C)F. The summed E-state index contributed by atoms with van der Waals surface area (Å²) in [7, 11) is -3.10. The van der Waals surface area contributed by atoms with Crippen molar-refractivity contribution >= 4 is 36.6 Å². The molecule has 5 N–H and O–H groups in total. The first-order valence-electron chi connectivity index (χ1n) is 12.7. The number of halogens is 3. The fourth-order valence-electron chi connectivity index (χ4n) is 4.19. The first kappa shape index (κ1) is 31.4. The van der Waals surface area contributed by atoms with Gasteiger partial charge in [-0.25, -0.2) is 22.7 Å². The smallest absolute Gasteiger partial charge is 0.459 e. The highest BCUT2D eigenvalue weighted by Crippen LogP contribution is 2.48. The van der Waals surface area contributed by atoms with E-state index in [0.29, 0.717) is 6.07 Å². The largest absolute Gasteiger partial charge is 0.462 e. The standard InChI is InChI=1S/C24H31F3N7O7P/c1-11(2)39-21(36)12(3)33-42(37,41-15-7-6-13(25)8-14(15)26)38-9-16-18(35)24(4,27)22(40-16)34-10-30-17-19(29-5)31-23(28)32-20(17)34/h6-8,10-12,16,18,22,35H,9H2,1-5H3,(H,33,37)(H3,28,29,31,32)/t12-,16+,18+,22+,24+,42?/m0/s1. The Labute approximate surface area is 238 Å². The molecule has 0 radical (unpaired) electrons. The highest BCUT2D eigenvalue weighted by Gasteiger charge is 2.56. The molecule has 2 aromatic heterocycles. The number of nitrogen functional groups attached to an aromatic ring is 1. The molecule has 3 aromatic rings. The Morgan fingerprint density at radius 3 is 2.67 bits per heavy atom. The number of alkyl halides is 1. The molecule has 1 unspecified atom stereocenters. The summed E-state index contributed by atoms with van der Waals surface area (Å²) in [6, 6.07) is 0.920. The lowest BCUT2D eigenvalue weighted by atomic mass is 9.98. The molecule has 1 aliphatic heterocycles. The number of hydrogen-bond acceptors (Lipinski definition) is 12. The molecule has 0 amide bonds. The van der Waals surface area contributed by atoms with Crippen LogP contribution in [0.15, 0.2) is 24.5 Å².